The molecule has 0 saturated carbocycles. The van der Waals surface area contributed by atoms with Gasteiger partial charge in [0, 0.05) is 163 Å². The summed E-state index contributed by atoms with van der Waals surface area (Å²) in [6.07, 6.45) is 6.10. The van der Waals surface area contributed by atoms with Gasteiger partial charge in [0.2, 0.25) is 0 Å². The third kappa shape index (κ3) is 10.4. The van der Waals surface area contributed by atoms with Gasteiger partial charge in [0.25, 0.3) is 0 Å². The van der Waals surface area contributed by atoms with E-state index >= 15 is 0 Å². The van der Waals surface area contributed by atoms with Gasteiger partial charge in [-0.1, -0.05) is 40.9 Å². The van der Waals surface area contributed by atoms with Crippen molar-refractivity contribution in [1.82, 2.24) is 49.8 Å². The number of H-pyrrole nitrogens is 2. The Kier molecular flexibility index (Phi) is 6.50. The first kappa shape index (κ1) is 23.7. The van der Waals surface area contributed by atoms with Crippen molar-refractivity contribution in [2.45, 2.75) is 52.7 Å². The van der Waals surface area contributed by atoms with Gasteiger partial charge in [0.15, 0.2) is 11.5 Å². The molecule has 11 rings (SSSR count). The number of hydrogen-bond acceptors (Lipinski definition) is 16. The highest BCUT2D eigenvalue weighted by atomic mass is 35.5. The van der Waals surface area contributed by atoms with Crippen LogP contribution in [0.25, 0.3) is 55.1 Å². The van der Waals surface area contributed by atoms with Crippen molar-refractivity contribution in [3.8, 4) is 34.8 Å². The number of nitrogens with zero attached hydrogens (tertiary/aromatic N) is 8. The minimum atomic E-state index is -0.433. The summed E-state index contributed by atoms with van der Waals surface area (Å²) in [6, 6.07) is 16.2. The number of fused-ring (bicyclic) bond motifs is 6. The number of aromatic amines is 2. The molecule has 8 N–H and O–H groups in total. The Bertz CT molecular complexity index is 3880. The highest BCUT2D eigenvalue weighted by Crippen LogP contribution is 2.41. The number of halogens is 5. The van der Waals surface area contributed by atoms with Gasteiger partial charge in [-0.3, -0.25) is 0 Å². The van der Waals surface area contributed by atoms with E-state index in [1.54, 1.807) is 58.3 Å². The number of ether oxygens (including phenoxy) is 2. The van der Waals surface area contributed by atoms with Crippen LogP contribution in [-0.2, 0) is 9.31 Å². The Balaban J connectivity index is -0.0000000422. The summed E-state index contributed by atoms with van der Waals surface area (Å²) < 4.78 is 401. The highest BCUT2D eigenvalue weighted by Gasteiger charge is 2.52. The van der Waals surface area contributed by atoms with E-state index in [0.29, 0.717) is 111 Å². The number of aryl methyl sites for hydroxylation is 2. The Labute approximate surface area is 546 Å². The van der Waals surface area contributed by atoms with E-state index in [1.807, 2.05) is 33.8 Å². The van der Waals surface area contributed by atoms with E-state index < -0.39 is 12.9 Å². The summed E-state index contributed by atoms with van der Waals surface area (Å²) in [6.45, 7) is 11.6. The molecule has 450 valence electrons. The van der Waals surface area contributed by atoms with Crippen molar-refractivity contribution in [2.24, 2.45) is 0 Å². The van der Waals surface area contributed by atoms with Crippen LogP contribution < -0.4 is 37.0 Å². The molecule has 1 saturated heterocycles. The summed E-state index contributed by atoms with van der Waals surface area (Å²) in [5, 5.41) is 9.55. The van der Waals surface area contributed by atoms with Crippen LogP contribution in [0.4, 0.5) is 31.5 Å². The van der Waals surface area contributed by atoms with Crippen molar-refractivity contribution in [2.75, 3.05) is 36.2 Å². The molecule has 1 aliphatic rings. The summed E-state index contributed by atoms with van der Waals surface area (Å²) in [4.78, 5) is 40.3. The Morgan fingerprint density at radius 2 is 1.09 bits per heavy atom. The lowest BCUT2D eigenvalue weighted by Crippen LogP contribution is -2.41. The SMILES string of the molecule is CC1(C)OB(c2ccc(Cl)cc2N)OC1(C)C.CNc1cc(F)cc2c1[nH]c1nc(Oc3cnc(C)nc3)nc(-c3ccc(Cl)cc3N)c12.CNc1cc(F)cc2c1[nH]c1nc(Oc3cnc(C)nc3)nc(Cl)c12.[2HH].[2H][2H].[2H][2H].[2H][2H].[2H][2H].[2H][2H].[2H][2H].[2H][2H].[2H][2H].[2H][2H].[2H][2H].[2H][2H].[2H][2H].[2H][2H].[2H][2H].[2H][2H].[2H][2H].[2H][2H].[2H][2H].[2H][2H].[2H][2H].[2H][2H].[2H][2H].[2H][2H].[2H][2H].[2H][2H].[2H][2H].[2H][2H].[2H][2H].[2H][2H].[2H][2H].[2H][2H].[2H][2H].[2H][2H].[2H][2H].[2H][2H]. The quantitative estimate of drug-likeness (QED) is 0.0470. The molecule has 10 aromatic rings. The van der Waals surface area contributed by atoms with Crippen LogP contribution in [0.15, 0.2) is 85.5 Å². The monoisotopic (exact) mass is 1200 g/mol. The van der Waals surface area contributed by atoms with Gasteiger partial charge in [0.05, 0.1) is 74.9 Å². The van der Waals surface area contributed by atoms with E-state index in [-0.39, 0.29) is 35.6 Å². The van der Waals surface area contributed by atoms with Crippen LogP contribution in [0.3, 0.4) is 0 Å². The lowest BCUT2D eigenvalue weighted by atomic mass is 9.78. The van der Waals surface area contributed by atoms with Crippen molar-refractivity contribution < 1.29 is 133 Å². The van der Waals surface area contributed by atoms with E-state index in [4.69, 9.17) is 169 Å². The minimum Gasteiger partial charge on any atom is -0.421 e. The molecule has 0 amide bonds. The van der Waals surface area contributed by atoms with Crippen molar-refractivity contribution in [3.05, 3.63) is 124 Å². The van der Waals surface area contributed by atoms with Gasteiger partial charge in [-0.2, -0.15) is 19.9 Å². The van der Waals surface area contributed by atoms with Gasteiger partial charge < -0.3 is 50.9 Å². The van der Waals surface area contributed by atoms with Gasteiger partial charge in [-0.25, -0.2) is 28.7 Å². The third-order valence-corrected chi connectivity index (χ3v) is 13.0. The van der Waals surface area contributed by atoms with Gasteiger partial charge in [-0.05, 0) is 96.1 Å². The highest BCUT2D eigenvalue weighted by molar-refractivity contribution is 6.64. The first-order valence-corrected chi connectivity index (χ1v) is 23.8. The number of benzene rings is 4. The molecule has 74 heavy (non-hydrogen) atoms. The zero-order valence-corrected chi connectivity index (χ0v) is 43.2. The molecule has 0 aliphatic carbocycles. The largest absolute Gasteiger partial charge is 0.496 e. The maximum atomic E-state index is 14.4. The second kappa shape index (κ2) is 20.3. The second-order valence-corrected chi connectivity index (χ2v) is 19.1. The molecule has 0 radical (unpaired) electrons. The molecule has 0 spiro atoms. The number of nitrogen functional groups attached to an aromatic ring is 2. The van der Waals surface area contributed by atoms with E-state index in [9.17, 15) is 8.78 Å². The van der Waals surface area contributed by atoms with E-state index in [1.165, 1.54) is 49.1 Å². The van der Waals surface area contributed by atoms with Crippen LogP contribution in [0.2, 0.25) is 15.2 Å². The van der Waals surface area contributed by atoms with Gasteiger partial charge in [-0.15, -0.1) is 0 Å². The molecule has 0 atom stereocenters. The predicted octanol–water partition coefficient (Wildman–Crippen LogP) is 20.0. The smallest absolute Gasteiger partial charge is 0.421 e. The van der Waals surface area contributed by atoms with Crippen molar-refractivity contribution >= 4 is 114 Å². The number of nitrogens with two attached hydrogens (primary N) is 2. The fraction of sp³-hybridized carbons (Fsp3) is 0.200. The fourth-order valence-electron chi connectivity index (χ4n) is 7.88. The molecular weight excluding hydrogens is 1020 g/mol. The van der Waals surface area contributed by atoms with Crippen molar-refractivity contribution in [1.29, 1.82) is 0 Å². The van der Waals surface area contributed by atoms with Crippen molar-refractivity contribution in [3.63, 3.8) is 0 Å². The molecule has 6 aromatic heterocycles. The summed E-state index contributed by atoms with van der Waals surface area (Å²) in [5.41, 5.74) is 17.9. The third-order valence-electron chi connectivity index (χ3n) is 12.3. The number of anilines is 4. The molecule has 18 nitrogen and oxygen atoms in total. The zero-order chi connectivity index (χ0) is 123. The molecule has 1 aliphatic heterocycles. The lowest BCUT2D eigenvalue weighted by molar-refractivity contribution is 0.00578. The summed E-state index contributed by atoms with van der Waals surface area (Å²) in [7, 11) is 2.99. The average molecular weight is 1210 g/mol. The maximum Gasteiger partial charge on any atom is 0.496 e. The standard InChI is InChI=1S/C22H17ClFN7O.C16H12ClFN6O.C12H17BClNO2.36H2/c1-10-27-8-13(9-28-10)32-22-30-20(14-4-3-11(23)5-16(14)25)18-15-6-12(24)7-17(26-2)19(15)29-21(18)31-22;1-7-20-5-9(6-21-7)25-16-23-14(17)12-10-3-8(18)4-11(19-2)13(10)22-15(12)24-16;1-11(2)12(3,4)17-13(16-11)9-6-5-8(14)7-10(9)15;;;;;;;;;;;;;;;;;;;;;;;;;;;;;;;;;;;;/h3-9,26H,25H2,1-2H3,(H,29,30,31);3-6,19H,1-2H3,(H,22,23,24);5-7H,15H2,1-4H3;36*1H/i;;;35*1+1D;1+1. The fourth-order valence-corrected chi connectivity index (χ4v) is 8.51. The molecular formula is C50H118BCl3F2N14O4. The van der Waals surface area contributed by atoms with E-state index in [0.717, 1.165) is 5.46 Å². The molecule has 0 bridgehead atoms. The lowest BCUT2D eigenvalue weighted by Gasteiger charge is -2.32. The topological polar surface area (TPSA) is 248 Å². The Morgan fingerprint density at radius 3 is 1.58 bits per heavy atom. The van der Waals surface area contributed by atoms with Crippen LogP contribution in [-0.4, -0.2) is 82.3 Å². The summed E-state index contributed by atoms with van der Waals surface area (Å²) in [5.74, 6) is 1.22. The zero-order valence-electron chi connectivity index (χ0n) is 111. The first-order valence-electron chi connectivity index (χ1n) is 57.7. The van der Waals surface area contributed by atoms with Crippen LogP contribution in [0, 0.1) is 25.5 Å². The maximum absolute atomic E-state index is 14.4. The minimum absolute atomic E-state index is 0. The average Bonchev–Trinajstić information content (AvgIpc) is 1.60. The molecule has 0 unspecified atom stereocenters. The Morgan fingerprint density at radius 1 is 0.635 bits per heavy atom. The Hall–Kier alpha value is -7.69. The first-order chi connectivity index (χ1) is 70.2. The number of nitrogens with one attached hydrogen (secondary N) is 4. The molecule has 4 aromatic carbocycles. The number of rotatable bonds is 8. The van der Waals surface area contributed by atoms with Gasteiger partial charge in [0.1, 0.15) is 39.7 Å². The van der Waals surface area contributed by atoms with Crippen LogP contribution in [0.5, 0.6) is 23.5 Å². The van der Waals surface area contributed by atoms with Crippen LogP contribution >= 0.6 is 34.8 Å². The number of aromatic nitrogens is 10. The predicted molar refractivity (Wildman–Crippen MR) is 363 cm³/mol. The van der Waals surface area contributed by atoms with Crippen LogP contribution in [0.1, 0.15) is 145 Å². The molecule has 7 heterocycles. The molecule has 24 heteroatoms. The summed E-state index contributed by atoms with van der Waals surface area (Å²) >= 11 is 18.3. The number of hydrogen-bond donors (Lipinski definition) is 6. The van der Waals surface area contributed by atoms with E-state index in [2.05, 4.69) is 60.5 Å². The molecule has 1 fully saturated rings. The normalized spacial score (nSPS) is 17.4. The second-order valence-electron chi connectivity index (χ2n) is 17.8. The van der Waals surface area contributed by atoms with Gasteiger partial charge >= 0.3 is 19.1 Å².